The van der Waals surface area contributed by atoms with Crippen molar-refractivity contribution in [1.29, 1.82) is 0 Å². The molecular weight excluding hydrogens is 429 g/mol. The lowest BCUT2D eigenvalue weighted by atomic mass is 10.1. The first-order chi connectivity index (χ1) is 15.2. The lowest BCUT2D eigenvalue weighted by Crippen LogP contribution is -2.38. The molecule has 0 fully saturated rings. The van der Waals surface area contributed by atoms with Crippen molar-refractivity contribution in [2.24, 2.45) is 0 Å². The predicted molar refractivity (Wildman–Crippen MR) is 112 cm³/mol. The van der Waals surface area contributed by atoms with Crippen LogP contribution in [-0.4, -0.2) is 40.6 Å². The summed E-state index contributed by atoms with van der Waals surface area (Å²) in [5.74, 6) is 0.829. The SMILES string of the molecule is O=C(NCCCc1nc2ccccc2[nH]1)NCCNc1ccc(C(F)(F)F)cc1[N+](=O)[O-]. The van der Waals surface area contributed by atoms with Crippen LogP contribution in [0, 0.1) is 10.1 Å². The third-order valence-corrected chi connectivity index (χ3v) is 4.56. The number of amides is 2. The number of anilines is 1. The van der Waals surface area contributed by atoms with Crippen molar-refractivity contribution < 1.29 is 22.9 Å². The quantitative estimate of drug-likeness (QED) is 0.224. The Morgan fingerprint density at radius 2 is 1.84 bits per heavy atom. The second kappa shape index (κ2) is 9.98. The third kappa shape index (κ3) is 6.09. The van der Waals surface area contributed by atoms with Crippen LogP contribution in [0.25, 0.3) is 11.0 Å². The Kier molecular flexibility index (Phi) is 7.13. The second-order valence-electron chi connectivity index (χ2n) is 6.90. The Bertz CT molecular complexity index is 1070. The number of fused-ring (bicyclic) bond motifs is 1. The molecule has 0 saturated heterocycles. The number of urea groups is 1. The summed E-state index contributed by atoms with van der Waals surface area (Å²) in [5.41, 5.74) is -0.0104. The maximum Gasteiger partial charge on any atom is 0.416 e. The minimum atomic E-state index is -4.67. The van der Waals surface area contributed by atoms with Gasteiger partial charge in [-0.1, -0.05) is 12.1 Å². The number of nitrogens with zero attached hydrogens (tertiary/aromatic N) is 2. The zero-order valence-corrected chi connectivity index (χ0v) is 16.8. The molecule has 9 nitrogen and oxygen atoms in total. The number of imidazole rings is 1. The van der Waals surface area contributed by atoms with Crippen molar-refractivity contribution in [3.63, 3.8) is 0 Å². The van der Waals surface area contributed by atoms with Gasteiger partial charge >= 0.3 is 12.2 Å². The summed E-state index contributed by atoms with van der Waals surface area (Å²) in [7, 11) is 0. The molecule has 4 N–H and O–H groups in total. The number of hydrogen-bond donors (Lipinski definition) is 4. The highest BCUT2D eigenvalue weighted by Crippen LogP contribution is 2.34. The van der Waals surface area contributed by atoms with Gasteiger partial charge in [-0.05, 0) is 30.7 Å². The van der Waals surface area contributed by atoms with E-state index in [4.69, 9.17) is 0 Å². The molecule has 3 aromatic rings. The summed E-state index contributed by atoms with van der Waals surface area (Å²) in [4.78, 5) is 29.7. The molecule has 0 radical (unpaired) electrons. The molecule has 0 unspecified atom stereocenters. The lowest BCUT2D eigenvalue weighted by molar-refractivity contribution is -0.384. The Morgan fingerprint density at radius 1 is 1.09 bits per heavy atom. The van der Waals surface area contributed by atoms with E-state index in [-0.39, 0.29) is 18.8 Å². The van der Waals surface area contributed by atoms with Crippen LogP contribution in [0.3, 0.4) is 0 Å². The Balaban J connectivity index is 1.37. The van der Waals surface area contributed by atoms with Crippen LogP contribution in [0.2, 0.25) is 0 Å². The van der Waals surface area contributed by atoms with Gasteiger partial charge in [0.2, 0.25) is 0 Å². The van der Waals surface area contributed by atoms with Crippen molar-refractivity contribution in [3.8, 4) is 0 Å². The number of benzene rings is 2. The van der Waals surface area contributed by atoms with Crippen molar-refractivity contribution >= 4 is 28.4 Å². The van der Waals surface area contributed by atoms with Gasteiger partial charge in [-0.25, -0.2) is 9.78 Å². The molecule has 0 saturated carbocycles. The molecule has 1 heterocycles. The van der Waals surface area contributed by atoms with E-state index in [1.165, 1.54) is 0 Å². The lowest BCUT2D eigenvalue weighted by Gasteiger charge is -2.11. The highest BCUT2D eigenvalue weighted by molar-refractivity contribution is 5.75. The van der Waals surface area contributed by atoms with Crippen LogP contribution in [0.15, 0.2) is 42.5 Å². The molecular formula is C20H21F3N6O3. The molecule has 170 valence electrons. The first kappa shape index (κ1) is 22.8. The number of nitrogens with one attached hydrogen (secondary N) is 4. The summed E-state index contributed by atoms with van der Waals surface area (Å²) < 4.78 is 38.2. The smallest absolute Gasteiger partial charge is 0.378 e. The van der Waals surface area contributed by atoms with Crippen LogP contribution >= 0.6 is 0 Å². The van der Waals surface area contributed by atoms with Crippen LogP contribution < -0.4 is 16.0 Å². The topological polar surface area (TPSA) is 125 Å². The highest BCUT2D eigenvalue weighted by atomic mass is 19.4. The number of alkyl halides is 3. The van der Waals surface area contributed by atoms with Crippen molar-refractivity contribution in [1.82, 2.24) is 20.6 Å². The zero-order valence-electron chi connectivity index (χ0n) is 16.8. The summed E-state index contributed by atoms with van der Waals surface area (Å²) in [6.07, 6.45) is -3.34. The molecule has 0 aliphatic rings. The normalized spacial score (nSPS) is 11.3. The van der Waals surface area contributed by atoms with Gasteiger partial charge in [-0.3, -0.25) is 10.1 Å². The average molecular weight is 450 g/mol. The summed E-state index contributed by atoms with van der Waals surface area (Å²) >= 11 is 0. The van der Waals surface area contributed by atoms with Crippen LogP contribution in [-0.2, 0) is 12.6 Å². The Labute approximate surface area is 180 Å². The number of carbonyl (C=O) groups is 1. The van der Waals surface area contributed by atoms with E-state index in [1.807, 2.05) is 24.3 Å². The van der Waals surface area contributed by atoms with E-state index < -0.39 is 28.4 Å². The van der Waals surface area contributed by atoms with Gasteiger partial charge in [0.15, 0.2) is 0 Å². The van der Waals surface area contributed by atoms with Crippen LogP contribution in [0.1, 0.15) is 17.8 Å². The van der Waals surface area contributed by atoms with Crippen LogP contribution in [0.4, 0.5) is 29.3 Å². The van der Waals surface area contributed by atoms with Crippen molar-refractivity contribution in [2.45, 2.75) is 19.0 Å². The number of aryl methyl sites for hydroxylation is 1. The maximum absolute atomic E-state index is 12.7. The number of halogens is 3. The molecule has 0 aliphatic carbocycles. The van der Waals surface area contributed by atoms with Crippen molar-refractivity contribution in [3.05, 3.63) is 64.0 Å². The minimum absolute atomic E-state index is 0.0592. The Morgan fingerprint density at radius 3 is 2.56 bits per heavy atom. The molecule has 2 amide bonds. The van der Waals surface area contributed by atoms with Gasteiger partial charge < -0.3 is 20.9 Å². The van der Waals surface area contributed by atoms with Gasteiger partial charge in [0.1, 0.15) is 11.5 Å². The van der Waals surface area contributed by atoms with Gasteiger partial charge in [-0.2, -0.15) is 13.2 Å². The van der Waals surface area contributed by atoms with E-state index >= 15 is 0 Å². The molecule has 0 spiro atoms. The van der Waals surface area contributed by atoms with Crippen molar-refractivity contribution in [2.75, 3.05) is 25.0 Å². The molecule has 3 rings (SSSR count). The largest absolute Gasteiger partial charge is 0.416 e. The number of nitro groups is 1. The summed E-state index contributed by atoms with van der Waals surface area (Å²) in [6.45, 7) is 0.632. The second-order valence-corrected chi connectivity index (χ2v) is 6.90. The van der Waals surface area contributed by atoms with Crippen LogP contribution in [0.5, 0.6) is 0 Å². The predicted octanol–water partition coefficient (Wildman–Crippen LogP) is 3.83. The molecule has 0 aliphatic heterocycles. The standard InChI is InChI=1S/C20H21F3N6O3/c21-20(22,23)13-7-8-16(17(12-13)29(31)32)24-10-11-26-19(30)25-9-3-6-18-27-14-4-1-2-5-15(14)28-18/h1-2,4-5,7-8,12,24H,3,6,9-11H2,(H,27,28)(H2,25,26,30). The number of hydrogen-bond acceptors (Lipinski definition) is 5. The Hall–Kier alpha value is -3.83. The number of nitro benzene ring substituents is 1. The third-order valence-electron chi connectivity index (χ3n) is 4.56. The fourth-order valence-corrected chi connectivity index (χ4v) is 3.03. The van der Waals surface area contributed by atoms with E-state index in [1.54, 1.807) is 0 Å². The van der Waals surface area contributed by atoms with E-state index in [9.17, 15) is 28.1 Å². The molecule has 1 aromatic heterocycles. The highest BCUT2D eigenvalue weighted by Gasteiger charge is 2.33. The van der Waals surface area contributed by atoms with E-state index in [2.05, 4.69) is 25.9 Å². The number of H-pyrrole nitrogens is 1. The van der Waals surface area contributed by atoms with E-state index in [0.29, 0.717) is 25.5 Å². The van der Waals surface area contributed by atoms with Gasteiger partial charge in [0.25, 0.3) is 5.69 Å². The monoisotopic (exact) mass is 450 g/mol. The molecule has 32 heavy (non-hydrogen) atoms. The van der Waals surface area contributed by atoms with Gasteiger partial charge in [-0.15, -0.1) is 0 Å². The number of para-hydroxylation sites is 2. The molecule has 0 bridgehead atoms. The first-order valence-corrected chi connectivity index (χ1v) is 9.79. The summed E-state index contributed by atoms with van der Waals surface area (Å²) in [6, 6.07) is 9.49. The number of rotatable bonds is 9. The fraction of sp³-hybridized carbons (Fsp3) is 0.300. The molecule has 12 heteroatoms. The fourth-order valence-electron chi connectivity index (χ4n) is 3.03. The molecule has 2 aromatic carbocycles. The minimum Gasteiger partial charge on any atom is -0.378 e. The van der Waals surface area contributed by atoms with Gasteiger partial charge in [0, 0.05) is 32.1 Å². The number of carbonyl (C=O) groups excluding carboxylic acids is 1. The molecule has 0 atom stereocenters. The average Bonchev–Trinajstić information content (AvgIpc) is 3.16. The number of aromatic amines is 1. The number of aromatic nitrogens is 2. The maximum atomic E-state index is 12.7. The van der Waals surface area contributed by atoms with E-state index in [0.717, 1.165) is 29.0 Å². The van der Waals surface area contributed by atoms with Gasteiger partial charge in [0.05, 0.1) is 21.5 Å². The zero-order chi connectivity index (χ0) is 23.1. The summed E-state index contributed by atoms with van der Waals surface area (Å²) in [5, 5.41) is 19.0. The first-order valence-electron chi connectivity index (χ1n) is 9.79.